The Kier molecular flexibility index (Phi) is 3.05. The van der Waals surface area contributed by atoms with Gasteiger partial charge >= 0.3 is 0 Å². The fraction of sp³-hybridized carbons (Fsp3) is 0.444. The molecule has 0 spiro atoms. The number of aromatic nitrogens is 2. The van der Waals surface area contributed by atoms with Crippen LogP contribution in [0.5, 0.6) is 0 Å². The minimum absolute atomic E-state index is 0.563. The van der Waals surface area contributed by atoms with Crippen molar-refractivity contribution in [3.05, 3.63) is 23.3 Å². The van der Waals surface area contributed by atoms with Gasteiger partial charge in [-0.05, 0) is 13.0 Å². The minimum atomic E-state index is 0.563. The summed E-state index contributed by atoms with van der Waals surface area (Å²) in [5.74, 6) is 1.03. The maximum absolute atomic E-state index is 5.34. The van der Waals surface area contributed by atoms with Crippen LogP contribution in [-0.2, 0) is 6.42 Å². The summed E-state index contributed by atoms with van der Waals surface area (Å²) in [6.07, 6.45) is 4.80. The Morgan fingerprint density at radius 3 is 2.83 bits per heavy atom. The number of rotatable bonds is 3. The van der Waals surface area contributed by atoms with E-state index in [2.05, 4.69) is 16.9 Å². The van der Waals surface area contributed by atoms with Gasteiger partial charge in [0.15, 0.2) is 0 Å². The number of imidazole rings is 1. The van der Waals surface area contributed by atoms with Crippen molar-refractivity contribution < 1.29 is 0 Å². The van der Waals surface area contributed by atoms with Gasteiger partial charge in [0.1, 0.15) is 5.82 Å². The van der Waals surface area contributed by atoms with Crippen molar-refractivity contribution in [3.8, 4) is 0 Å². The molecule has 0 saturated heterocycles. The highest BCUT2D eigenvalue weighted by molar-refractivity contribution is 5.47. The van der Waals surface area contributed by atoms with Crippen LogP contribution in [0.15, 0.2) is 6.08 Å². The molecule has 3 nitrogen and oxygen atoms in total. The van der Waals surface area contributed by atoms with Gasteiger partial charge in [-0.1, -0.05) is 13.0 Å². The van der Waals surface area contributed by atoms with Crippen molar-refractivity contribution in [2.45, 2.75) is 20.3 Å². The summed E-state index contributed by atoms with van der Waals surface area (Å²) in [5, 5.41) is 0. The molecule has 1 aromatic heterocycles. The first-order valence-corrected chi connectivity index (χ1v) is 4.20. The summed E-state index contributed by atoms with van der Waals surface area (Å²) in [7, 11) is 0. The van der Waals surface area contributed by atoms with Gasteiger partial charge in [0.25, 0.3) is 0 Å². The van der Waals surface area contributed by atoms with Gasteiger partial charge in [-0.25, -0.2) is 4.98 Å². The molecule has 1 aromatic rings. The quantitative estimate of drug-likeness (QED) is 0.708. The van der Waals surface area contributed by atoms with E-state index in [1.165, 1.54) is 0 Å². The van der Waals surface area contributed by atoms with Crippen LogP contribution in [0.2, 0.25) is 0 Å². The molecule has 12 heavy (non-hydrogen) atoms. The molecule has 0 aliphatic carbocycles. The highest BCUT2D eigenvalue weighted by Gasteiger charge is 2.00. The van der Waals surface area contributed by atoms with Gasteiger partial charge < -0.3 is 10.7 Å². The van der Waals surface area contributed by atoms with Gasteiger partial charge in [-0.15, -0.1) is 0 Å². The molecule has 0 amide bonds. The van der Waals surface area contributed by atoms with Crippen molar-refractivity contribution in [1.29, 1.82) is 0 Å². The molecule has 0 atom stereocenters. The average molecular weight is 165 g/mol. The molecule has 0 bridgehead atoms. The van der Waals surface area contributed by atoms with Crippen LogP contribution in [-0.4, -0.2) is 16.5 Å². The van der Waals surface area contributed by atoms with Crippen LogP contribution < -0.4 is 5.73 Å². The van der Waals surface area contributed by atoms with Crippen molar-refractivity contribution >= 4 is 6.08 Å². The number of nitrogens with one attached hydrogen (secondary N) is 1. The summed E-state index contributed by atoms with van der Waals surface area (Å²) in [5.41, 5.74) is 7.45. The number of H-pyrrole nitrogens is 1. The molecule has 0 aliphatic heterocycles. The molecular formula is C9H15N3. The van der Waals surface area contributed by atoms with E-state index in [0.29, 0.717) is 6.54 Å². The zero-order valence-corrected chi connectivity index (χ0v) is 7.59. The predicted molar refractivity (Wildman–Crippen MR) is 50.8 cm³/mol. The summed E-state index contributed by atoms with van der Waals surface area (Å²) < 4.78 is 0. The SMILES string of the molecule is CCc1nc(C=CCN)c(C)[nH]1. The lowest BCUT2D eigenvalue weighted by molar-refractivity contribution is 0.981. The number of hydrogen-bond donors (Lipinski definition) is 2. The van der Waals surface area contributed by atoms with Gasteiger partial charge in [0.2, 0.25) is 0 Å². The Balaban J connectivity index is 2.84. The maximum atomic E-state index is 5.34. The van der Waals surface area contributed by atoms with Crippen LogP contribution >= 0.6 is 0 Å². The Labute approximate surface area is 72.7 Å². The van der Waals surface area contributed by atoms with E-state index in [-0.39, 0.29) is 0 Å². The van der Waals surface area contributed by atoms with Gasteiger partial charge in [-0.3, -0.25) is 0 Å². The summed E-state index contributed by atoms with van der Waals surface area (Å²) in [6, 6.07) is 0. The summed E-state index contributed by atoms with van der Waals surface area (Å²) in [6.45, 7) is 4.66. The van der Waals surface area contributed by atoms with E-state index in [4.69, 9.17) is 5.73 Å². The lowest BCUT2D eigenvalue weighted by Crippen LogP contribution is -1.92. The molecule has 0 aliphatic rings. The number of nitrogens with zero attached hydrogens (tertiary/aromatic N) is 1. The highest BCUT2D eigenvalue weighted by atomic mass is 14.9. The molecule has 0 saturated carbocycles. The van der Waals surface area contributed by atoms with E-state index < -0.39 is 0 Å². The van der Waals surface area contributed by atoms with Gasteiger partial charge in [0.05, 0.1) is 5.69 Å². The largest absolute Gasteiger partial charge is 0.346 e. The van der Waals surface area contributed by atoms with Crippen LogP contribution in [0.3, 0.4) is 0 Å². The molecule has 66 valence electrons. The number of hydrogen-bond acceptors (Lipinski definition) is 2. The van der Waals surface area contributed by atoms with Crippen molar-refractivity contribution in [2.75, 3.05) is 6.54 Å². The van der Waals surface area contributed by atoms with Crippen molar-refractivity contribution in [3.63, 3.8) is 0 Å². The molecule has 1 heterocycles. The smallest absolute Gasteiger partial charge is 0.106 e. The lowest BCUT2D eigenvalue weighted by atomic mass is 10.3. The topological polar surface area (TPSA) is 54.7 Å². The Morgan fingerprint density at radius 2 is 2.33 bits per heavy atom. The Hall–Kier alpha value is -1.09. The van der Waals surface area contributed by atoms with Gasteiger partial charge in [0, 0.05) is 18.7 Å². The van der Waals surface area contributed by atoms with E-state index in [0.717, 1.165) is 23.6 Å². The molecule has 3 N–H and O–H groups in total. The Bertz CT molecular complexity index is 273. The van der Waals surface area contributed by atoms with E-state index >= 15 is 0 Å². The van der Waals surface area contributed by atoms with E-state index in [1.807, 2.05) is 19.1 Å². The third-order valence-electron chi connectivity index (χ3n) is 1.72. The third kappa shape index (κ3) is 1.95. The first-order valence-electron chi connectivity index (χ1n) is 4.20. The van der Waals surface area contributed by atoms with Gasteiger partial charge in [-0.2, -0.15) is 0 Å². The standard InChI is InChI=1S/C9H15N3/c1-3-9-11-7(2)8(12-9)5-4-6-10/h4-5H,3,6,10H2,1-2H3,(H,11,12). The molecule has 0 unspecified atom stereocenters. The van der Waals surface area contributed by atoms with Crippen molar-refractivity contribution in [2.24, 2.45) is 5.73 Å². The zero-order chi connectivity index (χ0) is 8.97. The second-order valence-corrected chi connectivity index (χ2v) is 2.69. The maximum Gasteiger partial charge on any atom is 0.106 e. The first kappa shape index (κ1) is 9.00. The fourth-order valence-electron chi connectivity index (χ4n) is 1.05. The molecule has 0 aromatic carbocycles. The predicted octanol–water partition coefficient (Wildman–Crippen LogP) is 1.25. The zero-order valence-electron chi connectivity index (χ0n) is 7.59. The number of aryl methyl sites for hydroxylation is 2. The van der Waals surface area contributed by atoms with Crippen LogP contribution in [0.1, 0.15) is 24.1 Å². The van der Waals surface area contributed by atoms with Crippen LogP contribution in [0.25, 0.3) is 6.08 Å². The molecule has 0 radical (unpaired) electrons. The van der Waals surface area contributed by atoms with Crippen molar-refractivity contribution in [1.82, 2.24) is 9.97 Å². The average Bonchev–Trinajstić information content (AvgIpc) is 2.43. The summed E-state index contributed by atoms with van der Waals surface area (Å²) in [4.78, 5) is 7.57. The number of nitrogens with two attached hydrogens (primary N) is 1. The monoisotopic (exact) mass is 165 g/mol. The minimum Gasteiger partial charge on any atom is -0.346 e. The first-order chi connectivity index (χ1) is 5.77. The van der Waals surface area contributed by atoms with Crippen LogP contribution in [0.4, 0.5) is 0 Å². The second kappa shape index (κ2) is 4.07. The Morgan fingerprint density at radius 1 is 1.58 bits per heavy atom. The molecular weight excluding hydrogens is 150 g/mol. The highest BCUT2D eigenvalue weighted by Crippen LogP contribution is 2.06. The third-order valence-corrected chi connectivity index (χ3v) is 1.72. The van der Waals surface area contributed by atoms with E-state index in [9.17, 15) is 0 Å². The normalized spacial score (nSPS) is 11.2. The second-order valence-electron chi connectivity index (χ2n) is 2.69. The van der Waals surface area contributed by atoms with Crippen LogP contribution in [0, 0.1) is 6.92 Å². The molecule has 3 heteroatoms. The fourth-order valence-corrected chi connectivity index (χ4v) is 1.05. The number of aromatic amines is 1. The van der Waals surface area contributed by atoms with E-state index in [1.54, 1.807) is 0 Å². The lowest BCUT2D eigenvalue weighted by Gasteiger charge is -1.85. The summed E-state index contributed by atoms with van der Waals surface area (Å²) >= 11 is 0. The molecule has 0 fully saturated rings. The molecule has 1 rings (SSSR count).